The Bertz CT molecular complexity index is 1000. The Labute approximate surface area is 158 Å². The van der Waals surface area contributed by atoms with Crippen LogP contribution >= 0.6 is 0 Å². The van der Waals surface area contributed by atoms with E-state index in [0.29, 0.717) is 17.5 Å². The Morgan fingerprint density at radius 3 is 2.29 bits per heavy atom. The van der Waals surface area contributed by atoms with Gasteiger partial charge in [-0.25, -0.2) is 14.4 Å². The summed E-state index contributed by atoms with van der Waals surface area (Å²) >= 11 is 0. The predicted octanol–water partition coefficient (Wildman–Crippen LogP) is 4.94. The van der Waals surface area contributed by atoms with Crippen LogP contribution in [-0.4, -0.2) is 17.1 Å². The van der Waals surface area contributed by atoms with Crippen molar-refractivity contribution >= 4 is 17.2 Å². The van der Waals surface area contributed by atoms with Crippen molar-refractivity contribution in [3.05, 3.63) is 59.7 Å². The quantitative estimate of drug-likeness (QED) is 0.615. The number of hydrogen-bond donors (Lipinski definition) is 2. The average molecular weight is 392 g/mol. The maximum atomic E-state index is 14.4. The van der Waals surface area contributed by atoms with Crippen LogP contribution in [0.3, 0.4) is 0 Å². The molecular weight excluding hydrogens is 376 g/mol. The number of hydrogen-bond acceptors (Lipinski definition) is 5. The van der Waals surface area contributed by atoms with E-state index in [4.69, 9.17) is 10.5 Å². The summed E-state index contributed by atoms with van der Waals surface area (Å²) in [4.78, 5) is 8.31. The van der Waals surface area contributed by atoms with Crippen molar-refractivity contribution in [1.82, 2.24) is 9.97 Å². The number of aromatic nitrogens is 2. The highest BCUT2D eigenvalue weighted by molar-refractivity contribution is 5.83. The molecule has 146 valence electrons. The summed E-state index contributed by atoms with van der Waals surface area (Å²) in [5.74, 6) is 0.0754. The Hall–Kier alpha value is -3.36. The zero-order chi connectivity index (χ0) is 20.5. The van der Waals surface area contributed by atoms with Crippen molar-refractivity contribution in [1.29, 1.82) is 0 Å². The highest BCUT2D eigenvalue weighted by Crippen LogP contribution is 2.36. The zero-order valence-corrected chi connectivity index (χ0v) is 14.9. The van der Waals surface area contributed by atoms with Crippen LogP contribution in [0.4, 0.5) is 34.8 Å². The van der Waals surface area contributed by atoms with Gasteiger partial charge in [0.1, 0.15) is 28.8 Å². The number of aryl methyl sites for hydroxylation is 1. The first-order chi connectivity index (χ1) is 13.2. The average Bonchev–Trinajstić information content (AvgIpc) is 2.64. The fourth-order valence-corrected chi connectivity index (χ4v) is 2.58. The lowest BCUT2D eigenvalue weighted by Crippen LogP contribution is -2.08. The summed E-state index contributed by atoms with van der Waals surface area (Å²) in [6, 6.07) is 9.12. The molecule has 0 atom stereocenters. The molecule has 0 spiro atoms. The number of anilines is 3. The van der Waals surface area contributed by atoms with E-state index in [9.17, 15) is 17.6 Å². The van der Waals surface area contributed by atoms with Crippen molar-refractivity contribution in [2.45, 2.75) is 13.1 Å². The number of nitrogens with two attached hydrogens (primary N) is 1. The third kappa shape index (κ3) is 3.98. The van der Waals surface area contributed by atoms with Gasteiger partial charge in [-0.2, -0.15) is 13.2 Å². The van der Waals surface area contributed by atoms with Crippen molar-refractivity contribution in [2.75, 3.05) is 18.2 Å². The molecule has 5 nitrogen and oxygen atoms in total. The SMILES string of the molecule is COc1ccc(Nc2nc(C)nc(-c3ccc(C(F)(F)F)cc3F)c2N)cc1. The number of nitrogens with one attached hydrogen (secondary N) is 1. The molecule has 9 heteroatoms. The second-order valence-corrected chi connectivity index (χ2v) is 5.93. The molecule has 0 unspecified atom stereocenters. The second kappa shape index (κ2) is 7.34. The van der Waals surface area contributed by atoms with E-state index in [0.717, 1.165) is 12.1 Å². The second-order valence-electron chi connectivity index (χ2n) is 5.93. The molecule has 0 fully saturated rings. The molecule has 0 aliphatic rings. The van der Waals surface area contributed by atoms with Crippen molar-refractivity contribution < 1.29 is 22.3 Å². The predicted molar refractivity (Wildman–Crippen MR) is 97.9 cm³/mol. The van der Waals surface area contributed by atoms with E-state index in [1.54, 1.807) is 38.3 Å². The van der Waals surface area contributed by atoms with Gasteiger partial charge in [-0.15, -0.1) is 0 Å². The molecule has 1 heterocycles. The molecule has 0 aliphatic heterocycles. The number of ether oxygens (including phenoxy) is 1. The van der Waals surface area contributed by atoms with E-state index in [2.05, 4.69) is 15.3 Å². The fraction of sp³-hybridized carbons (Fsp3) is 0.158. The van der Waals surface area contributed by atoms with Gasteiger partial charge < -0.3 is 15.8 Å². The molecule has 28 heavy (non-hydrogen) atoms. The van der Waals surface area contributed by atoms with E-state index in [1.165, 1.54) is 0 Å². The molecule has 0 bridgehead atoms. The first kappa shape index (κ1) is 19.4. The van der Waals surface area contributed by atoms with Crippen LogP contribution in [-0.2, 0) is 6.18 Å². The Kier molecular flexibility index (Phi) is 5.08. The summed E-state index contributed by atoms with van der Waals surface area (Å²) in [6.07, 6.45) is -4.65. The van der Waals surface area contributed by atoms with Crippen LogP contribution < -0.4 is 15.8 Å². The largest absolute Gasteiger partial charge is 0.497 e. The minimum atomic E-state index is -4.65. The van der Waals surface area contributed by atoms with Crippen molar-refractivity contribution in [3.63, 3.8) is 0 Å². The van der Waals surface area contributed by atoms with Crippen molar-refractivity contribution in [2.24, 2.45) is 0 Å². The van der Waals surface area contributed by atoms with Gasteiger partial charge in [0.15, 0.2) is 5.82 Å². The number of alkyl halides is 3. The van der Waals surface area contributed by atoms with E-state index in [1.807, 2.05) is 0 Å². The number of rotatable bonds is 4. The molecule has 0 saturated heterocycles. The van der Waals surface area contributed by atoms with Crippen LogP contribution in [0.2, 0.25) is 0 Å². The van der Waals surface area contributed by atoms with Gasteiger partial charge in [-0.1, -0.05) is 0 Å². The number of nitrogen functional groups attached to an aromatic ring is 1. The smallest absolute Gasteiger partial charge is 0.416 e. The topological polar surface area (TPSA) is 73.1 Å². The van der Waals surface area contributed by atoms with Gasteiger partial charge >= 0.3 is 6.18 Å². The Morgan fingerprint density at radius 1 is 1.04 bits per heavy atom. The van der Waals surface area contributed by atoms with Crippen LogP contribution in [0.5, 0.6) is 5.75 Å². The van der Waals surface area contributed by atoms with Gasteiger partial charge in [-0.05, 0) is 49.4 Å². The fourth-order valence-electron chi connectivity index (χ4n) is 2.58. The number of benzene rings is 2. The third-order valence-corrected chi connectivity index (χ3v) is 3.96. The monoisotopic (exact) mass is 392 g/mol. The van der Waals surface area contributed by atoms with Crippen molar-refractivity contribution in [3.8, 4) is 17.0 Å². The molecule has 1 aromatic heterocycles. The lowest BCUT2D eigenvalue weighted by molar-refractivity contribution is -0.137. The Morgan fingerprint density at radius 2 is 1.71 bits per heavy atom. The summed E-state index contributed by atoms with van der Waals surface area (Å²) in [6.45, 7) is 1.57. The minimum absolute atomic E-state index is 0.00901. The molecule has 0 saturated carbocycles. The molecule has 3 aromatic rings. The van der Waals surface area contributed by atoms with Gasteiger partial charge in [-0.3, -0.25) is 0 Å². The highest BCUT2D eigenvalue weighted by Gasteiger charge is 2.31. The first-order valence-electron chi connectivity index (χ1n) is 8.11. The minimum Gasteiger partial charge on any atom is -0.497 e. The molecular formula is C19H16F4N4O. The number of nitrogens with zero attached hydrogens (tertiary/aromatic N) is 2. The number of methoxy groups -OCH3 is 1. The molecule has 3 rings (SSSR count). The molecule has 0 radical (unpaired) electrons. The lowest BCUT2D eigenvalue weighted by atomic mass is 10.1. The van der Waals surface area contributed by atoms with Gasteiger partial charge in [0.05, 0.1) is 12.7 Å². The maximum absolute atomic E-state index is 14.4. The van der Waals surface area contributed by atoms with Crippen LogP contribution in [0.1, 0.15) is 11.4 Å². The van der Waals surface area contributed by atoms with Gasteiger partial charge in [0.2, 0.25) is 0 Å². The van der Waals surface area contributed by atoms with Crippen LogP contribution in [0.15, 0.2) is 42.5 Å². The van der Waals surface area contributed by atoms with Crippen LogP contribution in [0.25, 0.3) is 11.3 Å². The summed E-state index contributed by atoms with van der Waals surface area (Å²) in [5.41, 5.74) is 5.51. The summed E-state index contributed by atoms with van der Waals surface area (Å²) in [5, 5.41) is 3.00. The Balaban J connectivity index is 2.01. The van der Waals surface area contributed by atoms with Gasteiger partial charge in [0.25, 0.3) is 0 Å². The van der Waals surface area contributed by atoms with E-state index >= 15 is 0 Å². The van der Waals surface area contributed by atoms with E-state index in [-0.39, 0.29) is 28.6 Å². The summed E-state index contributed by atoms with van der Waals surface area (Å²) < 4.78 is 57.8. The normalized spacial score (nSPS) is 11.4. The highest BCUT2D eigenvalue weighted by atomic mass is 19.4. The molecule has 3 N–H and O–H groups in total. The lowest BCUT2D eigenvalue weighted by Gasteiger charge is -2.14. The summed E-state index contributed by atoms with van der Waals surface area (Å²) in [7, 11) is 1.54. The maximum Gasteiger partial charge on any atom is 0.416 e. The molecule has 0 amide bonds. The van der Waals surface area contributed by atoms with Gasteiger partial charge in [0, 0.05) is 11.3 Å². The third-order valence-electron chi connectivity index (χ3n) is 3.96. The standard InChI is InChI=1S/C19H16F4N4O/c1-10-25-17(14-8-3-11(9-15(14)20)19(21,22)23)16(24)18(26-10)27-12-4-6-13(28-2)7-5-12/h3-9H,24H2,1-2H3,(H,25,26,27). The van der Waals surface area contributed by atoms with E-state index < -0.39 is 17.6 Å². The van der Waals surface area contributed by atoms with Crippen LogP contribution in [0, 0.1) is 12.7 Å². The zero-order valence-electron chi connectivity index (χ0n) is 14.9. The molecule has 0 aliphatic carbocycles. The number of halogens is 4. The first-order valence-corrected chi connectivity index (χ1v) is 8.11. The molecule has 2 aromatic carbocycles.